The second-order valence-corrected chi connectivity index (χ2v) is 4.12. The molecule has 0 aromatic rings. The molecule has 0 radical (unpaired) electrons. The molecule has 0 amide bonds. The lowest BCUT2D eigenvalue weighted by Gasteiger charge is -2.30. The van der Waals surface area contributed by atoms with Gasteiger partial charge in [0.25, 0.3) is 0 Å². The zero-order valence-electron chi connectivity index (χ0n) is 7.80. The molecule has 0 aliphatic carbocycles. The third kappa shape index (κ3) is 1.94. The molecule has 1 aliphatic heterocycles. The minimum atomic E-state index is -0.100. The van der Waals surface area contributed by atoms with Crippen molar-refractivity contribution in [1.29, 1.82) is 0 Å². The Bertz CT molecular complexity index is 134. The average molecular weight is 157 g/mol. The Labute approximate surface area is 69.2 Å². The minimum absolute atomic E-state index is 0.100. The van der Waals surface area contributed by atoms with E-state index in [1.807, 2.05) is 0 Å². The van der Waals surface area contributed by atoms with Crippen molar-refractivity contribution in [3.63, 3.8) is 0 Å². The molecule has 66 valence electrons. The van der Waals surface area contributed by atoms with Crippen LogP contribution in [0.3, 0.4) is 0 Å². The van der Waals surface area contributed by atoms with E-state index >= 15 is 0 Å². The van der Waals surface area contributed by atoms with Crippen LogP contribution in [0.2, 0.25) is 0 Å². The molecule has 1 N–H and O–H groups in total. The number of aliphatic hydroxyl groups excluding tert-OH is 1. The normalized spacial score (nSPS) is 31.1. The molecule has 0 aromatic heterocycles. The molecule has 1 aliphatic rings. The molecule has 1 rings (SSSR count). The average Bonchev–Trinajstić information content (AvgIpc) is 2.07. The summed E-state index contributed by atoms with van der Waals surface area (Å²) in [5, 5.41) is 9.42. The van der Waals surface area contributed by atoms with Crippen LogP contribution < -0.4 is 0 Å². The lowest BCUT2D eigenvalue weighted by atomic mass is 10.0. The van der Waals surface area contributed by atoms with Gasteiger partial charge in [-0.3, -0.25) is 4.90 Å². The van der Waals surface area contributed by atoms with Crippen molar-refractivity contribution in [1.82, 2.24) is 4.90 Å². The molecule has 2 nitrogen and oxygen atoms in total. The van der Waals surface area contributed by atoms with Gasteiger partial charge >= 0.3 is 0 Å². The molecule has 1 unspecified atom stereocenters. The van der Waals surface area contributed by atoms with Gasteiger partial charge in [0.1, 0.15) is 0 Å². The first-order valence-corrected chi connectivity index (χ1v) is 4.49. The zero-order chi connectivity index (χ0) is 8.48. The second-order valence-electron chi connectivity index (χ2n) is 4.12. The van der Waals surface area contributed by atoms with Crippen molar-refractivity contribution in [2.75, 3.05) is 13.1 Å². The quantitative estimate of drug-likeness (QED) is 0.652. The molecule has 1 atom stereocenters. The van der Waals surface area contributed by atoms with E-state index in [-0.39, 0.29) is 11.6 Å². The van der Waals surface area contributed by atoms with Gasteiger partial charge in [0.05, 0.1) is 6.10 Å². The van der Waals surface area contributed by atoms with Crippen molar-refractivity contribution in [3.05, 3.63) is 0 Å². The van der Waals surface area contributed by atoms with Gasteiger partial charge in [-0.05, 0) is 33.2 Å². The molecule has 0 spiro atoms. The van der Waals surface area contributed by atoms with Gasteiger partial charge < -0.3 is 5.11 Å². The van der Waals surface area contributed by atoms with Gasteiger partial charge in [0, 0.05) is 12.1 Å². The first-order chi connectivity index (χ1) is 5.06. The maximum atomic E-state index is 9.42. The van der Waals surface area contributed by atoms with E-state index in [1.165, 1.54) is 6.42 Å². The van der Waals surface area contributed by atoms with Crippen LogP contribution in [0.4, 0.5) is 0 Å². The van der Waals surface area contributed by atoms with Crippen LogP contribution in [0.25, 0.3) is 0 Å². The van der Waals surface area contributed by atoms with Crippen LogP contribution in [-0.2, 0) is 0 Å². The fourth-order valence-corrected chi connectivity index (χ4v) is 1.94. The highest BCUT2D eigenvalue weighted by atomic mass is 16.3. The SMILES string of the molecule is CCCN1CC(O)CC1(C)C. The third-order valence-corrected chi connectivity index (χ3v) is 2.52. The summed E-state index contributed by atoms with van der Waals surface area (Å²) in [6.45, 7) is 8.57. The van der Waals surface area contributed by atoms with Gasteiger partial charge in [0.2, 0.25) is 0 Å². The number of hydrogen-bond donors (Lipinski definition) is 1. The predicted molar refractivity (Wildman–Crippen MR) is 46.6 cm³/mol. The van der Waals surface area contributed by atoms with Gasteiger partial charge in [-0.15, -0.1) is 0 Å². The van der Waals surface area contributed by atoms with Crippen LogP contribution >= 0.6 is 0 Å². The van der Waals surface area contributed by atoms with Crippen molar-refractivity contribution in [2.45, 2.75) is 45.3 Å². The van der Waals surface area contributed by atoms with Gasteiger partial charge in [-0.1, -0.05) is 6.92 Å². The van der Waals surface area contributed by atoms with E-state index in [0.717, 1.165) is 19.5 Å². The fourth-order valence-electron chi connectivity index (χ4n) is 1.94. The van der Waals surface area contributed by atoms with Crippen molar-refractivity contribution in [3.8, 4) is 0 Å². The summed E-state index contributed by atoms with van der Waals surface area (Å²) in [6, 6.07) is 0. The monoisotopic (exact) mass is 157 g/mol. The molecular formula is C9H19NO. The third-order valence-electron chi connectivity index (χ3n) is 2.52. The van der Waals surface area contributed by atoms with Gasteiger partial charge in [-0.2, -0.15) is 0 Å². The topological polar surface area (TPSA) is 23.5 Å². The maximum Gasteiger partial charge on any atom is 0.0684 e. The number of β-amino-alcohol motifs (C(OH)–C–C–N with tert-alkyl or cyclic N) is 1. The van der Waals surface area contributed by atoms with Crippen molar-refractivity contribution >= 4 is 0 Å². The lowest BCUT2D eigenvalue weighted by Crippen LogP contribution is -2.38. The number of hydrogen-bond acceptors (Lipinski definition) is 2. The first kappa shape index (κ1) is 9.01. The summed E-state index contributed by atoms with van der Waals surface area (Å²) < 4.78 is 0. The summed E-state index contributed by atoms with van der Waals surface area (Å²) in [5.74, 6) is 0. The standard InChI is InChI=1S/C9H19NO/c1-4-5-10-7-8(11)6-9(10,2)3/h8,11H,4-7H2,1-3H3. The van der Waals surface area contributed by atoms with E-state index in [9.17, 15) is 5.11 Å². The highest BCUT2D eigenvalue weighted by molar-refractivity contribution is 4.92. The molecular weight excluding hydrogens is 138 g/mol. The van der Waals surface area contributed by atoms with Crippen LogP contribution in [0.5, 0.6) is 0 Å². The second kappa shape index (κ2) is 3.11. The van der Waals surface area contributed by atoms with Crippen molar-refractivity contribution in [2.24, 2.45) is 0 Å². The summed E-state index contributed by atoms with van der Waals surface area (Å²) in [4.78, 5) is 2.37. The smallest absolute Gasteiger partial charge is 0.0684 e. The molecule has 0 saturated carbocycles. The number of likely N-dealkylation sites (tertiary alicyclic amines) is 1. The maximum absolute atomic E-state index is 9.42. The predicted octanol–water partition coefficient (Wildman–Crippen LogP) is 1.24. The highest BCUT2D eigenvalue weighted by Gasteiger charge is 2.36. The Morgan fingerprint density at radius 3 is 2.55 bits per heavy atom. The summed E-state index contributed by atoms with van der Waals surface area (Å²) >= 11 is 0. The minimum Gasteiger partial charge on any atom is -0.392 e. The fraction of sp³-hybridized carbons (Fsp3) is 1.00. The van der Waals surface area contributed by atoms with E-state index in [2.05, 4.69) is 25.7 Å². The van der Waals surface area contributed by atoms with Crippen LogP contribution in [0.15, 0.2) is 0 Å². The Morgan fingerprint density at radius 2 is 2.18 bits per heavy atom. The van der Waals surface area contributed by atoms with Gasteiger partial charge in [-0.25, -0.2) is 0 Å². The number of nitrogens with zero attached hydrogens (tertiary/aromatic N) is 1. The van der Waals surface area contributed by atoms with E-state index in [4.69, 9.17) is 0 Å². The molecule has 1 heterocycles. The first-order valence-electron chi connectivity index (χ1n) is 4.49. The Balaban J connectivity index is 2.51. The molecule has 1 fully saturated rings. The van der Waals surface area contributed by atoms with Crippen LogP contribution in [-0.4, -0.2) is 34.7 Å². The number of aliphatic hydroxyl groups is 1. The van der Waals surface area contributed by atoms with Gasteiger partial charge in [0.15, 0.2) is 0 Å². The van der Waals surface area contributed by atoms with E-state index in [1.54, 1.807) is 0 Å². The van der Waals surface area contributed by atoms with E-state index in [0.29, 0.717) is 0 Å². The highest BCUT2D eigenvalue weighted by Crippen LogP contribution is 2.28. The largest absolute Gasteiger partial charge is 0.392 e. The molecule has 1 saturated heterocycles. The van der Waals surface area contributed by atoms with E-state index < -0.39 is 0 Å². The summed E-state index contributed by atoms with van der Waals surface area (Å²) in [7, 11) is 0. The zero-order valence-corrected chi connectivity index (χ0v) is 7.80. The lowest BCUT2D eigenvalue weighted by molar-refractivity contribution is 0.164. The van der Waals surface area contributed by atoms with Crippen molar-refractivity contribution < 1.29 is 5.11 Å². The number of rotatable bonds is 2. The summed E-state index contributed by atoms with van der Waals surface area (Å²) in [5.41, 5.74) is 0.218. The van der Waals surface area contributed by atoms with Crippen LogP contribution in [0, 0.1) is 0 Å². The molecule has 0 aromatic carbocycles. The summed E-state index contributed by atoms with van der Waals surface area (Å²) in [6.07, 6.45) is 2.00. The molecule has 0 bridgehead atoms. The van der Waals surface area contributed by atoms with Crippen LogP contribution in [0.1, 0.15) is 33.6 Å². The Morgan fingerprint density at radius 1 is 1.55 bits per heavy atom. The Kier molecular flexibility index (Phi) is 2.55. The Hall–Kier alpha value is -0.0800. The molecule has 2 heteroatoms. The molecule has 11 heavy (non-hydrogen) atoms.